The van der Waals surface area contributed by atoms with E-state index in [1.807, 2.05) is 0 Å². The second-order valence-electron chi connectivity index (χ2n) is 6.57. The largest absolute Gasteiger partial charge is 0.487 e. The van der Waals surface area contributed by atoms with Crippen LogP contribution in [0.4, 0.5) is 26.3 Å². The fourth-order valence-electron chi connectivity index (χ4n) is 2.82. The molecule has 0 saturated carbocycles. The minimum absolute atomic E-state index is 0.0631. The predicted molar refractivity (Wildman–Crippen MR) is 96.6 cm³/mol. The summed E-state index contributed by atoms with van der Waals surface area (Å²) in [5.74, 6) is -5.30. The molecule has 0 aliphatic rings. The highest BCUT2D eigenvalue weighted by Gasteiger charge is 2.58. The molecule has 0 atom stereocenters. The van der Waals surface area contributed by atoms with Gasteiger partial charge in [0.1, 0.15) is 11.6 Å². The van der Waals surface area contributed by atoms with Crippen molar-refractivity contribution < 1.29 is 31.1 Å². The van der Waals surface area contributed by atoms with Crippen molar-refractivity contribution in [1.29, 1.82) is 0 Å². The average molecular weight is 416 g/mol. The smallest absolute Gasteiger partial charge is 0.456 e. The van der Waals surface area contributed by atoms with E-state index in [0.717, 1.165) is 10.9 Å². The van der Waals surface area contributed by atoms with E-state index in [4.69, 9.17) is 0 Å². The second kappa shape index (κ2) is 8.36. The van der Waals surface area contributed by atoms with Crippen molar-refractivity contribution in [2.45, 2.75) is 25.1 Å². The van der Waals surface area contributed by atoms with E-state index in [-0.39, 0.29) is 11.6 Å². The molecule has 2 N–H and O–H groups in total. The van der Waals surface area contributed by atoms with Gasteiger partial charge in [-0.15, -0.1) is 0 Å². The summed E-state index contributed by atoms with van der Waals surface area (Å²) in [6.07, 6.45) is -3.18. The third-order valence-electron chi connectivity index (χ3n) is 4.36. The monoisotopic (exact) mass is 416 g/mol. The van der Waals surface area contributed by atoms with Gasteiger partial charge in [-0.1, -0.05) is 12.1 Å². The highest BCUT2D eigenvalue weighted by molar-refractivity contribution is 5.83. The van der Waals surface area contributed by atoms with Crippen LogP contribution < -0.4 is 10.1 Å². The van der Waals surface area contributed by atoms with Gasteiger partial charge >= 0.3 is 12.1 Å². The number of aromatic nitrogens is 1. The minimum atomic E-state index is -5.65. The molecule has 9 heteroatoms. The van der Waals surface area contributed by atoms with Crippen LogP contribution in [0.5, 0.6) is 5.75 Å². The van der Waals surface area contributed by atoms with Crippen molar-refractivity contribution >= 4 is 10.9 Å². The molecule has 0 unspecified atom stereocenters. The first-order chi connectivity index (χ1) is 13.7. The van der Waals surface area contributed by atoms with Gasteiger partial charge in [0.25, 0.3) is 0 Å². The molecule has 0 fully saturated rings. The van der Waals surface area contributed by atoms with Crippen molar-refractivity contribution in [3.63, 3.8) is 0 Å². The van der Waals surface area contributed by atoms with Crippen LogP contribution in [0.15, 0.2) is 48.7 Å². The number of alkyl halides is 5. The maximum atomic E-state index is 13.2. The molecule has 0 bridgehead atoms. The second-order valence-corrected chi connectivity index (χ2v) is 6.57. The SMILES string of the molecule is Fc1ccc2c(CCNCc3cccc(OCC(F)(F)C(F)(F)F)c3)c[nH]c2c1. The van der Waals surface area contributed by atoms with Crippen LogP contribution in [-0.2, 0) is 13.0 Å². The summed E-state index contributed by atoms with van der Waals surface area (Å²) in [4.78, 5) is 3.01. The van der Waals surface area contributed by atoms with Gasteiger partial charge in [-0.2, -0.15) is 22.0 Å². The molecule has 3 rings (SSSR count). The van der Waals surface area contributed by atoms with Gasteiger partial charge in [0.15, 0.2) is 6.61 Å². The fourth-order valence-corrected chi connectivity index (χ4v) is 2.82. The third kappa shape index (κ3) is 5.23. The molecule has 29 heavy (non-hydrogen) atoms. The Hall–Kier alpha value is -2.68. The Morgan fingerprint density at radius 3 is 2.55 bits per heavy atom. The van der Waals surface area contributed by atoms with Gasteiger partial charge in [-0.25, -0.2) is 4.39 Å². The van der Waals surface area contributed by atoms with E-state index in [1.165, 1.54) is 30.3 Å². The van der Waals surface area contributed by atoms with E-state index >= 15 is 0 Å². The highest BCUT2D eigenvalue weighted by atomic mass is 19.4. The standard InChI is InChI=1S/C20H18F6N2O/c21-15-4-5-17-14(11-28-18(17)9-15)6-7-27-10-13-2-1-3-16(8-13)29-12-19(22,23)20(24,25)26/h1-5,8-9,11,27-28H,6-7,10,12H2. The number of hydrogen-bond donors (Lipinski definition) is 2. The summed E-state index contributed by atoms with van der Waals surface area (Å²) in [6.45, 7) is -0.806. The summed E-state index contributed by atoms with van der Waals surface area (Å²) in [5, 5.41) is 4.09. The molecule has 0 spiro atoms. The molecule has 156 valence electrons. The van der Waals surface area contributed by atoms with Gasteiger partial charge in [0.2, 0.25) is 0 Å². The Morgan fingerprint density at radius 1 is 1.00 bits per heavy atom. The molecule has 0 radical (unpaired) electrons. The van der Waals surface area contributed by atoms with E-state index in [1.54, 1.807) is 18.3 Å². The lowest BCUT2D eigenvalue weighted by Crippen LogP contribution is -2.41. The lowest BCUT2D eigenvalue weighted by molar-refractivity contribution is -0.290. The van der Waals surface area contributed by atoms with Crippen LogP contribution in [0.1, 0.15) is 11.1 Å². The molecular weight excluding hydrogens is 398 g/mol. The lowest BCUT2D eigenvalue weighted by atomic mass is 10.1. The molecule has 0 saturated heterocycles. The lowest BCUT2D eigenvalue weighted by Gasteiger charge is -2.20. The molecule has 1 heterocycles. The summed E-state index contributed by atoms with van der Waals surface area (Å²) < 4.78 is 80.3. The number of halogens is 6. The quantitative estimate of drug-likeness (QED) is 0.391. The number of rotatable bonds is 8. The van der Waals surface area contributed by atoms with Crippen LogP contribution in [0, 0.1) is 5.82 Å². The van der Waals surface area contributed by atoms with Gasteiger partial charge in [0, 0.05) is 23.6 Å². The zero-order chi connectivity index (χ0) is 21.1. The first kappa shape index (κ1) is 21.0. The summed E-state index contributed by atoms with van der Waals surface area (Å²) in [7, 11) is 0. The van der Waals surface area contributed by atoms with Gasteiger partial charge in [0.05, 0.1) is 0 Å². The summed E-state index contributed by atoms with van der Waals surface area (Å²) >= 11 is 0. The third-order valence-corrected chi connectivity index (χ3v) is 4.36. The van der Waals surface area contributed by atoms with E-state index < -0.39 is 18.7 Å². The Morgan fingerprint density at radius 2 is 1.79 bits per heavy atom. The van der Waals surface area contributed by atoms with E-state index in [2.05, 4.69) is 15.0 Å². The summed E-state index contributed by atoms with van der Waals surface area (Å²) in [6, 6.07) is 10.5. The van der Waals surface area contributed by atoms with Crippen molar-refractivity contribution in [2.24, 2.45) is 0 Å². The number of H-pyrrole nitrogens is 1. The molecule has 1 aromatic heterocycles. The van der Waals surface area contributed by atoms with Gasteiger partial charge in [-0.05, 0) is 54.4 Å². The van der Waals surface area contributed by atoms with Crippen LogP contribution in [-0.4, -0.2) is 30.2 Å². The number of aromatic amines is 1. The number of fused-ring (bicyclic) bond motifs is 1. The van der Waals surface area contributed by atoms with Crippen molar-refractivity contribution in [3.8, 4) is 5.75 Å². The molecule has 3 nitrogen and oxygen atoms in total. The zero-order valence-electron chi connectivity index (χ0n) is 15.1. The first-order valence-corrected chi connectivity index (χ1v) is 8.78. The highest BCUT2D eigenvalue weighted by Crippen LogP contribution is 2.35. The maximum Gasteiger partial charge on any atom is 0.456 e. The Kier molecular flexibility index (Phi) is 6.07. The van der Waals surface area contributed by atoms with Gasteiger partial charge < -0.3 is 15.0 Å². The van der Waals surface area contributed by atoms with Gasteiger partial charge in [-0.3, -0.25) is 0 Å². The zero-order valence-corrected chi connectivity index (χ0v) is 15.1. The Labute approximate surface area is 162 Å². The van der Waals surface area contributed by atoms with Crippen molar-refractivity contribution in [1.82, 2.24) is 10.3 Å². The maximum absolute atomic E-state index is 13.2. The normalized spacial score (nSPS) is 12.5. The minimum Gasteiger partial charge on any atom is -0.487 e. The van der Waals surface area contributed by atoms with Crippen LogP contribution in [0.3, 0.4) is 0 Å². The number of benzene rings is 2. The number of nitrogens with one attached hydrogen (secondary N) is 2. The summed E-state index contributed by atoms with van der Waals surface area (Å²) in [5.41, 5.74) is 2.40. The van der Waals surface area contributed by atoms with E-state index in [0.29, 0.717) is 30.6 Å². The molecular formula is C20H18F6N2O. The molecule has 3 aromatic rings. The Bertz CT molecular complexity index is 967. The molecule has 0 amide bonds. The fraction of sp³-hybridized carbons (Fsp3) is 0.300. The van der Waals surface area contributed by atoms with Crippen LogP contribution >= 0.6 is 0 Å². The molecule has 0 aliphatic carbocycles. The predicted octanol–water partition coefficient (Wildman–Crippen LogP) is 5.22. The topological polar surface area (TPSA) is 37.0 Å². The van der Waals surface area contributed by atoms with Crippen LogP contribution in [0.2, 0.25) is 0 Å². The number of hydrogen-bond acceptors (Lipinski definition) is 2. The Balaban J connectivity index is 1.50. The molecule has 2 aromatic carbocycles. The van der Waals surface area contributed by atoms with Crippen LogP contribution in [0.25, 0.3) is 10.9 Å². The first-order valence-electron chi connectivity index (χ1n) is 8.78. The molecule has 0 aliphatic heterocycles. The van der Waals surface area contributed by atoms with Crippen molar-refractivity contribution in [3.05, 3.63) is 65.6 Å². The van der Waals surface area contributed by atoms with E-state index in [9.17, 15) is 26.3 Å². The van der Waals surface area contributed by atoms with Crippen molar-refractivity contribution in [2.75, 3.05) is 13.2 Å². The number of ether oxygens (including phenoxy) is 1. The average Bonchev–Trinajstić information content (AvgIpc) is 3.05.